The summed E-state index contributed by atoms with van der Waals surface area (Å²) in [5.41, 5.74) is 0. The molecule has 1 aromatic rings. The van der Waals surface area contributed by atoms with Gasteiger partial charge in [-0.1, -0.05) is 6.07 Å². The number of carbonyl (C=O) groups is 1. The average molecular weight is 364 g/mol. The van der Waals surface area contributed by atoms with Crippen LogP contribution in [0.2, 0.25) is 0 Å². The van der Waals surface area contributed by atoms with Crippen LogP contribution in [0.3, 0.4) is 0 Å². The first-order chi connectivity index (χ1) is 12.1. The Kier molecular flexibility index (Phi) is 6.91. The third-order valence-corrected chi connectivity index (χ3v) is 6.82. The number of carbonyl (C=O) groups excluding carboxylic acids is 1. The van der Waals surface area contributed by atoms with Crippen LogP contribution in [-0.2, 0) is 11.3 Å². The molecule has 1 atom stereocenters. The Bertz CT molecular complexity index is 525. The van der Waals surface area contributed by atoms with E-state index in [0.717, 1.165) is 51.9 Å². The van der Waals surface area contributed by atoms with Crippen LogP contribution in [0.15, 0.2) is 17.5 Å². The Hall–Kier alpha value is -0.910. The minimum absolute atomic E-state index is 0.352. The second-order valence-electron chi connectivity index (χ2n) is 7.90. The normalized spacial score (nSPS) is 23.7. The van der Waals surface area contributed by atoms with E-state index in [1.807, 2.05) is 23.3 Å². The molecule has 0 radical (unpaired) electrons. The molecule has 2 saturated heterocycles. The second kappa shape index (κ2) is 9.15. The maximum absolute atomic E-state index is 12.6. The summed E-state index contributed by atoms with van der Waals surface area (Å²) in [5.74, 6) is 1.04. The van der Waals surface area contributed by atoms with Gasteiger partial charge >= 0.3 is 0 Å². The first-order valence-electron chi connectivity index (χ1n) is 9.81. The highest BCUT2D eigenvalue weighted by molar-refractivity contribution is 7.09. The Morgan fingerprint density at radius 2 is 2.08 bits per heavy atom. The zero-order valence-corrected chi connectivity index (χ0v) is 16.6. The Labute approximate surface area is 156 Å². The summed E-state index contributed by atoms with van der Waals surface area (Å²) in [6.07, 6.45) is 6.58. The van der Waals surface area contributed by atoms with Gasteiger partial charge in [-0.2, -0.15) is 0 Å². The van der Waals surface area contributed by atoms with Crippen molar-refractivity contribution in [2.75, 3.05) is 40.3 Å². The molecule has 1 unspecified atom stereocenters. The van der Waals surface area contributed by atoms with Crippen LogP contribution in [0, 0.1) is 5.92 Å². The molecular formula is C20H33N3OS. The van der Waals surface area contributed by atoms with Crippen LogP contribution >= 0.6 is 11.3 Å². The molecule has 3 heterocycles. The lowest BCUT2D eigenvalue weighted by Crippen LogP contribution is -2.44. The van der Waals surface area contributed by atoms with E-state index in [0.29, 0.717) is 17.9 Å². The van der Waals surface area contributed by atoms with Crippen molar-refractivity contribution in [2.24, 2.45) is 5.92 Å². The molecule has 3 rings (SSSR count). The third-order valence-electron chi connectivity index (χ3n) is 5.96. The van der Waals surface area contributed by atoms with Gasteiger partial charge in [0.15, 0.2) is 0 Å². The second-order valence-corrected chi connectivity index (χ2v) is 8.93. The van der Waals surface area contributed by atoms with E-state index in [1.54, 1.807) is 0 Å². The van der Waals surface area contributed by atoms with Crippen LogP contribution in [0.5, 0.6) is 0 Å². The van der Waals surface area contributed by atoms with Crippen molar-refractivity contribution in [1.29, 1.82) is 0 Å². The maximum atomic E-state index is 12.6. The van der Waals surface area contributed by atoms with E-state index in [4.69, 9.17) is 0 Å². The molecule has 4 nitrogen and oxygen atoms in total. The highest BCUT2D eigenvalue weighted by atomic mass is 32.1. The van der Waals surface area contributed by atoms with Crippen LogP contribution in [0.4, 0.5) is 0 Å². The lowest BCUT2D eigenvalue weighted by atomic mass is 9.93. The monoisotopic (exact) mass is 363 g/mol. The summed E-state index contributed by atoms with van der Waals surface area (Å²) in [7, 11) is 4.19. The van der Waals surface area contributed by atoms with Gasteiger partial charge in [0.25, 0.3) is 0 Å². The lowest BCUT2D eigenvalue weighted by molar-refractivity contribution is -0.133. The summed E-state index contributed by atoms with van der Waals surface area (Å²) >= 11 is 1.85. The smallest absolute Gasteiger partial charge is 0.222 e. The fourth-order valence-electron chi connectivity index (χ4n) is 4.24. The van der Waals surface area contributed by atoms with E-state index in [-0.39, 0.29) is 0 Å². The van der Waals surface area contributed by atoms with E-state index in [9.17, 15) is 4.79 Å². The maximum Gasteiger partial charge on any atom is 0.222 e. The van der Waals surface area contributed by atoms with Crippen LogP contribution in [0.1, 0.15) is 43.4 Å². The van der Waals surface area contributed by atoms with Gasteiger partial charge in [-0.05, 0) is 76.2 Å². The predicted octanol–water partition coefficient (Wildman–Crippen LogP) is 3.29. The topological polar surface area (TPSA) is 26.8 Å². The van der Waals surface area contributed by atoms with Crippen molar-refractivity contribution in [3.63, 3.8) is 0 Å². The van der Waals surface area contributed by atoms with Crippen LogP contribution in [0.25, 0.3) is 0 Å². The first kappa shape index (κ1) is 18.9. The van der Waals surface area contributed by atoms with Crippen molar-refractivity contribution < 1.29 is 4.79 Å². The van der Waals surface area contributed by atoms with Crippen molar-refractivity contribution in [3.8, 4) is 0 Å². The zero-order chi connectivity index (χ0) is 17.6. The third kappa shape index (κ3) is 5.53. The molecular weight excluding hydrogens is 330 g/mol. The molecule has 0 N–H and O–H groups in total. The summed E-state index contributed by atoms with van der Waals surface area (Å²) < 4.78 is 0. The molecule has 1 aromatic heterocycles. The number of rotatable bonds is 6. The van der Waals surface area contributed by atoms with Gasteiger partial charge in [-0.25, -0.2) is 0 Å². The number of hydrogen-bond acceptors (Lipinski definition) is 4. The van der Waals surface area contributed by atoms with Gasteiger partial charge in [-0.3, -0.25) is 9.69 Å². The quantitative estimate of drug-likeness (QED) is 0.776. The fraction of sp³-hybridized carbons (Fsp3) is 0.750. The number of hydrogen-bond donors (Lipinski definition) is 0. The molecule has 1 amide bonds. The van der Waals surface area contributed by atoms with Crippen molar-refractivity contribution >= 4 is 17.2 Å². The van der Waals surface area contributed by atoms with E-state index >= 15 is 0 Å². The van der Waals surface area contributed by atoms with Gasteiger partial charge in [0.1, 0.15) is 0 Å². The summed E-state index contributed by atoms with van der Waals surface area (Å²) in [4.78, 5) is 21.0. The lowest BCUT2D eigenvalue weighted by Gasteiger charge is -2.36. The highest BCUT2D eigenvalue weighted by Crippen LogP contribution is 2.24. The van der Waals surface area contributed by atoms with E-state index < -0.39 is 0 Å². The minimum atomic E-state index is 0.352. The Morgan fingerprint density at radius 3 is 2.80 bits per heavy atom. The van der Waals surface area contributed by atoms with E-state index in [2.05, 4.69) is 34.4 Å². The standard InChI is InChI=1S/C20H33N3OS/c1-21-12-9-18(10-13-21)22(2)20(24)8-7-17-5-3-11-23(15-17)16-19-6-4-14-25-19/h4,6,14,17-18H,3,5,7-13,15-16H2,1-2H3. The zero-order valence-electron chi connectivity index (χ0n) is 15.8. The molecule has 0 aromatic carbocycles. The molecule has 0 bridgehead atoms. The summed E-state index contributed by atoms with van der Waals surface area (Å²) in [6.45, 7) is 5.67. The largest absolute Gasteiger partial charge is 0.343 e. The summed E-state index contributed by atoms with van der Waals surface area (Å²) in [6, 6.07) is 4.82. The molecule has 2 aliphatic heterocycles. The van der Waals surface area contributed by atoms with Crippen LogP contribution in [-0.4, -0.2) is 66.9 Å². The fourth-order valence-corrected chi connectivity index (χ4v) is 4.99. The predicted molar refractivity (Wildman–Crippen MR) is 105 cm³/mol. The van der Waals surface area contributed by atoms with Crippen molar-refractivity contribution in [3.05, 3.63) is 22.4 Å². The number of likely N-dealkylation sites (tertiary alicyclic amines) is 2. The van der Waals surface area contributed by atoms with Gasteiger partial charge in [0.05, 0.1) is 0 Å². The highest BCUT2D eigenvalue weighted by Gasteiger charge is 2.25. The van der Waals surface area contributed by atoms with Gasteiger partial charge < -0.3 is 9.80 Å². The molecule has 5 heteroatoms. The number of piperidine rings is 2. The van der Waals surface area contributed by atoms with Gasteiger partial charge in [-0.15, -0.1) is 11.3 Å². The molecule has 0 saturated carbocycles. The molecule has 25 heavy (non-hydrogen) atoms. The van der Waals surface area contributed by atoms with Gasteiger partial charge in [0, 0.05) is 37.5 Å². The Balaban J connectivity index is 1.40. The molecule has 0 spiro atoms. The Morgan fingerprint density at radius 1 is 1.28 bits per heavy atom. The number of amides is 1. The summed E-state index contributed by atoms with van der Waals surface area (Å²) in [5, 5.41) is 2.16. The molecule has 2 fully saturated rings. The SMILES string of the molecule is CN1CCC(N(C)C(=O)CCC2CCCN(Cc3cccs3)C2)CC1. The van der Waals surface area contributed by atoms with Crippen molar-refractivity contribution in [2.45, 2.75) is 51.1 Å². The molecule has 140 valence electrons. The van der Waals surface area contributed by atoms with Gasteiger partial charge in [0.2, 0.25) is 5.91 Å². The number of nitrogens with zero attached hydrogens (tertiary/aromatic N) is 3. The minimum Gasteiger partial charge on any atom is -0.343 e. The van der Waals surface area contributed by atoms with Crippen LogP contribution < -0.4 is 0 Å². The average Bonchev–Trinajstić information content (AvgIpc) is 3.13. The molecule has 2 aliphatic rings. The van der Waals surface area contributed by atoms with E-state index in [1.165, 1.54) is 24.3 Å². The van der Waals surface area contributed by atoms with Crippen molar-refractivity contribution in [1.82, 2.24) is 14.7 Å². The molecule has 0 aliphatic carbocycles. The first-order valence-corrected chi connectivity index (χ1v) is 10.7. The number of thiophene rings is 1.